The van der Waals surface area contributed by atoms with Gasteiger partial charge in [0.2, 0.25) is 5.91 Å². The number of nitro groups is 1. The second-order valence-electron chi connectivity index (χ2n) is 6.03. The summed E-state index contributed by atoms with van der Waals surface area (Å²) < 4.78 is 5.21. The molecule has 0 aromatic heterocycles. The average Bonchev–Trinajstić information content (AvgIpc) is 2.56. The summed E-state index contributed by atoms with van der Waals surface area (Å²) in [6.45, 7) is 4.17. The van der Waals surface area contributed by atoms with E-state index >= 15 is 0 Å². The number of hydrogen-bond donors (Lipinski definition) is 1. The summed E-state index contributed by atoms with van der Waals surface area (Å²) in [5, 5.41) is 13.5. The van der Waals surface area contributed by atoms with Crippen molar-refractivity contribution < 1.29 is 19.2 Å². The van der Waals surface area contributed by atoms with E-state index in [-0.39, 0.29) is 23.9 Å². The molecule has 25 heavy (non-hydrogen) atoms. The fourth-order valence-corrected chi connectivity index (χ4v) is 2.52. The Kier molecular flexibility index (Phi) is 8.98. The second kappa shape index (κ2) is 10.7. The Morgan fingerprint density at radius 2 is 2.08 bits per heavy atom. The van der Waals surface area contributed by atoms with E-state index in [0.29, 0.717) is 24.3 Å². The Labute approximate surface area is 151 Å². The third-order valence-corrected chi connectivity index (χ3v) is 3.92. The van der Waals surface area contributed by atoms with Crippen molar-refractivity contribution in [1.82, 2.24) is 5.32 Å². The normalized spacial score (nSPS) is 11.8. The Morgan fingerprint density at radius 3 is 2.68 bits per heavy atom. The van der Waals surface area contributed by atoms with Crippen molar-refractivity contribution in [3.05, 3.63) is 39.9 Å². The lowest BCUT2D eigenvalue weighted by atomic mass is 10.1. The zero-order valence-corrected chi connectivity index (χ0v) is 15.5. The molecule has 1 aromatic carbocycles. The van der Waals surface area contributed by atoms with E-state index in [1.54, 1.807) is 17.8 Å². The van der Waals surface area contributed by atoms with Gasteiger partial charge in [-0.3, -0.25) is 14.9 Å². The molecule has 1 atom stereocenters. The van der Waals surface area contributed by atoms with Crippen molar-refractivity contribution >= 4 is 29.3 Å². The Hall–Kier alpha value is -2.09. The summed E-state index contributed by atoms with van der Waals surface area (Å²) in [4.78, 5) is 34.6. The molecule has 0 spiro atoms. The molecule has 0 fully saturated rings. The van der Waals surface area contributed by atoms with Crippen molar-refractivity contribution in [2.75, 3.05) is 18.6 Å². The summed E-state index contributed by atoms with van der Waals surface area (Å²) in [5.41, 5.74) is 0.450. The van der Waals surface area contributed by atoms with Gasteiger partial charge in [-0.05, 0) is 29.9 Å². The largest absolute Gasteiger partial charge is 0.464 e. The molecule has 0 aliphatic rings. The van der Waals surface area contributed by atoms with Gasteiger partial charge < -0.3 is 10.1 Å². The fourth-order valence-electron chi connectivity index (χ4n) is 2.04. The first-order valence-corrected chi connectivity index (χ1v) is 9.41. The number of thioether (sulfide) groups is 1. The molecule has 7 nitrogen and oxygen atoms in total. The van der Waals surface area contributed by atoms with Gasteiger partial charge in [0.25, 0.3) is 5.69 Å². The lowest BCUT2D eigenvalue weighted by Crippen LogP contribution is -2.43. The number of esters is 1. The highest BCUT2D eigenvalue weighted by molar-refractivity contribution is 7.98. The number of carbonyl (C=O) groups excluding carboxylic acids is 2. The number of nitro benzene ring substituents is 1. The molecular formula is C17H24N2O5S. The van der Waals surface area contributed by atoms with Crippen LogP contribution in [0.5, 0.6) is 0 Å². The highest BCUT2D eigenvalue weighted by Gasteiger charge is 2.22. The number of carbonyl (C=O) groups is 2. The molecule has 0 aliphatic carbocycles. The maximum absolute atomic E-state index is 12.2. The molecule has 1 rings (SSSR count). The van der Waals surface area contributed by atoms with Gasteiger partial charge in [-0.2, -0.15) is 11.8 Å². The first-order chi connectivity index (χ1) is 11.8. The Balaban J connectivity index is 2.68. The van der Waals surface area contributed by atoms with Crippen LogP contribution in [-0.2, 0) is 20.7 Å². The monoisotopic (exact) mass is 368 g/mol. The molecule has 8 heteroatoms. The summed E-state index contributed by atoms with van der Waals surface area (Å²) in [7, 11) is 0. The number of rotatable bonds is 10. The Morgan fingerprint density at radius 1 is 1.36 bits per heavy atom. The van der Waals surface area contributed by atoms with Gasteiger partial charge in [0, 0.05) is 12.1 Å². The maximum atomic E-state index is 12.2. The number of benzene rings is 1. The zero-order chi connectivity index (χ0) is 18.8. The number of ether oxygens (including phenoxy) is 1. The van der Waals surface area contributed by atoms with E-state index in [1.807, 2.05) is 20.1 Å². The molecule has 1 unspecified atom stereocenters. The number of nitrogens with zero attached hydrogens (tertiary/aromatic N) is 1. The van der Waals surface area contributed by atoms with Crippen LogP contribution in [0.2, 0.25) is 0 Å². The first kappa shape index (κ1) is 21.0. The lowest BCUT2D eigenvalue weighted by molar-refractivity contribution is -0.384. The van der Waals surface area contributed by atoms with Gasteiger partial charge in [0.05, 0.1) is 18.0 Å². The van der Waals surface area contributed by atoms with Gasteiger partial charge in [-0.1, -0.05) is 26.0 Å². The van der Waals surface area contributed by atoms with Crippen LogP contribution < -0.4 is 5.32 Å². The third-order valence-electron chi connectivity index (χ3n) is 3.28. The van der Waals surface area contributed by atoms with E-state index in [0.717, 1.165) is 0 Å². The van der Waals surface area contributed by atoms with Gasteiger partial charge in [0.15, 0.2) is 0 Å². The van der Waals surface area contributed by atoms with Gasteiger partial charge in [-0.15, -0.1) is 0 Å². The molecular weight excluding hydrogens is 344 g/mol. The van der Waals surface area contributed by atoms with Crippen LogP contribution in [0.25, 0.3) is 0 Å². The van der Waals surface area contributed by atoms with Gasteiger partial charge in [0.1, 0.15) is 6.04 Å². The van der Waals surface area contributed by atoms with Crippen LogP contribution in [0.1, 0.15) is 25.8 Å². The minimum Gasteiger partial charge on any atom is -0.464 e. The quantitative estimate of drug-likeness (QED) is 0.387. The van der Waals surface area contributed by atoms with Crippen molar-refractivity contribution in [2.45, 2.75) is 32.7 Å². The number of non-ortho nitro benzene ring substituents is 1. The van der Waals surface area contributed by atoms with Crippen LogP contribution in [-0.4, -0.2) is 41.5 Å². The number of hydrogen-bond acceptors (Lipinski definition) is 6. The summed E-state index contributed by atoms with van der Waals surface area (Å²) in [6.07, 6.45) is 2.36. The van der Waals surface area contributed by atoms with E-state index in [2.05, 4.69) is 5.32 Å². The van der Waals surface area contributed by atoms with Crippen molar-refractivity contribution in [1.29, 1.82) is 0 Å². The average molecular weight is 368 g/mol. The van der Waals surface area contributed by atoms with Gasteiger partial charge >= 0.3 is 5.97 Å². The van der Waals surface area contributed by atoms with Gasteiger partial charge in [-0.25, -0.2) is 4.79 Å². The minimum atomic E-state index is -0.711. The summed E-state index contributed by atoms with van der Waals surface area (Å²) in [5.74, 6) is 0.104. The predicted octanol–water partition coefficient (Wildman–Crippen LogP) is 2.57. The lowest BCUT2D eigenvalue weighted by Gasteiger charge is -2.18. The minimum absolute atomic E-state index is 0.0328. The van der Waals surface area contributed by atoms with Crippen LogP contribution >= 0.6 is 11.8 Å². The SMILES string of the molecule is CSCCC(NC(=O)Cc1cccc([N+](=O)[O-])c1)C(=O)OCC(C)C. The molecule has 1 amide bonds. The van der Waals surface area contributed by atoms with Crippen molar-refractivity contribution in [2.24, 2.45) is 5.92 Å². The molecule has 0 aliphatic heterocycles. The van der Waals surface area contributed by atoms with E-state index in [4.69, 9.17) is 4.74 Å². The fraction of sp³-hybridized carbons (Fsp3) is 0.529. The molecule has 138 valence electrons. The van der Waals surface area contributed by atoms with Crippen LogP contribution in [0.3, 0.4) is 0 Å². The van der Waals surface area contributed by atoms with Crippen molar-refractivity contribution in [3.8, 4) is 0 Å². The number of amides is 1. The van der Waals surface area contributed by atoms with E-state index in [1.165, 1.54) is 18.2 Å². The molecule has 1 aromatic rings. The van der Waals surface area contributed by atoms with Crippen LogP contribution in [0.4, 0.5) is 5.69 Å². The maximum Gasteiger partial charge on any atom is 0.328 e. The molecule has 0 saturated carbocycles. The van der Waals surface area contributed by atoms with Crippen molar-refractivity contribution in [3.63, 3.8) is 0 Å². The first-order valence-electron chi connectivity index (χ1n) is 8.01. The van der Waals surface area contributed by atoms with Crippen LogP contribution in [0.15, 0.2) is 24.3 Å². The van der Waals surface area contributed by atoms with E-state index < -0.39 is 16.9 Å². The highest BCUT2D eigenvalue weighted by Crippen LogP contribution is 2.13. The predicted molar refractivity (Wildman–Crippen MR) is 97.5 cm³/mol. The molecule has 0 bridgehead atoms. The summed E-state index contributed by atoms with van der Waals surface area (Å²) >= 11 is 1.57. The smallest absolute Gasteiger partial charge is 0.328 e. The molecule has 0 heterocycles. The Bertz CT molecular complexity index is 606. The number of nitrogens with one attached hydrogen (secondary N) is 1. The highest BCUT2D eigenvalue weighted by atomic mass is 32.2. The third kappa shape index (κ3) is 8.02. The second-order valence-corrected chi connectivity index (χ2v) is 7.01. The topological polar surface area (TPSA) is 98.5 Å². The van der Waals surface area contributed by atoms with E-state index in [9.17, 15) is 19.7 Å². The standard InChI is InChI=1S/C17H24N2O5S/c1-12(2)11-24-17(21)15(7-8-25-3)18-16(20)10-13-5-4-6-14(9-13)19(22)23/h4-6,9,12,15H,7-8,10-11H2,1-3H3,(H,18,20). The summed E-state index contributed by atoms with van der Waals surface area (Å²) in [6, 6.07) is 5.18. The van der Waals surface area contributed by atoms with Crippen LogP contribution in [0, 0.1) is 16.0 Å². The molecule has 0 radical (unpaired) electrons. The molecule has 0 saturated heterocycles. The molecule has 1 N–H and O–H groups in total. The zero-order valence-electron chi connectivity index (χ0n) is 14.7.